The Morgan fingerprint density at radius 1 is 1.30 bits per heavy atom. The molecule has 0 spiro atoms. The molecule has 3 unspecified atom stereocenters. The smallest absolute Gasteiger partial charge is 0.328 e. The lowest BCUT2D eigenvalue weighted by atomic mass is 9.94. The van der Waals surface area contributed by atoms with Gasteiger partial charge >= 0.3 is 5.97 Å². The number of carbonyl (C=O) groups is 2. The molecule has 0 saturated carbocycles. The fourth-order valence-corrected chi connectivity index (χ4v) is 4.12. The number of nitrogens with zero attached hydrogens (tertiary/aromatic N) is 1. The number of piperidine rings is 1. The molecule has 1 aromatic rings. The zero-order chi connectivity index (χ0) is 23.6. The van der Waals surface area contributed by atoms with Crippen LogP contribution >= 0.6 is 0 Å². The molecule has 2 aliphatic rings. The van der Waals surface area contributed by atoms with Crippen LogP contribution in [0.25, 0.3) is 0 Å². The number of hydrogen-bond acceptors (Lipinski definition) is 4. The summed E-state index contributed by atoms with van der Waals surface area (Å²) >= 11 is 0. The predicted molar refractivity (Wildman–Crippen MR) is 128 cm³/mol. The number of hydrogen-bond donors (Lipinski definition) is 3. The van der Waals surface area contributed by atoms with Crippen LogP contribution in [0.3, 0.4) is 0 Å². The average Bonchev–Trinajstić information content (AvgIpc) is 2.83. The Morgan fingerprint density at radius 3 is 2.76 bits per heavy atom. The van der Waals surface area contributed by atoms with Crippen molar-refractivity contribution in [1.29, 1.82) is 5.41 Å². The third-order valence-corrected chi connectivity index (χ3v) is 5.93. The second-order valence-electron chi connectivity index (χ2n) is 8.51. The summed E-state index contributed by atoms with van der Waals surface area (Å²) in [7, 11) is 1.32. The van der Waals surface area contributed by atoms with Gasteiger partial charge in [0.05, 0.1) is 7.11 Å². The van der Waals surface area contributed by atoms with Crippen molar-refractivity contribution < 1.29 is 14.3 Å². The van der Waals surface area contributed by atoms with Crippen molar-refractivity contribution in [2.24, 2.45) is 17.6 Å². The highest BCUT2D eigenvalue weighted by molar-refractivity contribution is 5.85. The largest absolute Gasteiger partial charge is 0.467 e. The first-order chi connectivity index (χ1) is 15.9. The zero-order valence-electron chi connectivity index (χ0n) is 19.0. The number of methoxy groups -OCH3 is 1. The van der Waals surface area contributed by atoms with E-state index in [9.17, 15) is 9.59 Å². The maximum atomic E-state index is 12.6. The first-order valence-electron chi connectivity index (χ1n) is 11.3. The molecule has 1 fully saturated rings. The van der Waals surface area contributed by atoms with Crippen LogP contribution < -0.4 is 11.1 Å². The van der Waals surface area contributed by atoms with E-state index in [1.807, 2.05) is 36.4 Å². The lowest BCUT2D eigenvalue weighted by molar-refractivity contribution is -0.145. The van der Waals surface area contributed by atoms with Crippen molar-refractivity contribution in [3.05, 3.63) is 59.7 Å². The molecular weight excluding hydrogens is 416 g/mol. The molecule has 1 aromatic carbocycles. The molecule has 0 bridgehead atoms. The summed E-state index contributed by atoms with van der Waals surface area (Å²) in [6, 6.07) is 6.95. The summed E-state index contributed by atoms with van der Waals surface area (Å²) in [4.78, 5) is 26.7. The summed E-state index contributed by atoms with van der Waals surface area (Å²) < 4.78 is 4.91. The van der Waals surface area contributed by atoms with Gasteiger partial charge in [-0.2, -0.15) is 0 Å². The van der Waals surface area contributed by atoms with Crippen LogP contribution in [0.5, 0.6) is 0 Å². The van der Waals surface area contributed by atoms with E-state index in [4.69, 9.17) is 15.9 Å². The van der Waals surface area contributed by atoms with E-state index in [0.717, 1.165) is 36.9 Å². The molecule has 1 heterocycles. The summed E-state index contributed by atoms with van der Waals surface area (Å²) in [5.41, 5.74) is 7.41. The molecule has 174 valence electrons. The Hall–Kier alpha value is -3.53. The lowest BCUT2D eigenvalue weighted by Crippen LogP contribution is -2.46. The molecule has 4 N–H and O–H groups in total. The number of esters is 1. The number of carbonyl (C=O) groups excluding carboxylic acids is 2. The molecule has 1 saturated heterocycles. The van der Waals surface area contributed by atoms with Crippen LogP contribution in [0.1, 0.15) is 36.8 Å². The number of ether oxygens (including phenoxy) is 1. The van der Waals surface area contributed by atoms with Crippen molar-refractivity contribution >= 4 is 17.8 Å². The van der Waals surface area contributed by atoms with E-state index < -0.39 is 12.0 Å². The number of guanidine groups is 1. The van der Waals surface area contributed by atoms with Gasteiger partial charge < -0.3 is 20.7 Å². The molecule has 7 heteroatoms. The third kappa shape index (κ3) is 7.53. The molecule has 0 aromatic heterocycles. The monoisotopic (exact) mass is 448 g/mol. The molecule has 1 aliphatic carbocycles. The van der Waals surface area contributed by atoms with Gasteiger partial charge in [0.15, 0.2) is 5.96 Å². The molecule has 7 nitrogen and oxygen atoms in total. The Balaban J connectivity index is 1.56. The second-order valence-corrected chi connectivity index (χ2v) is 8.51. The van der Waals surface area contributed by atoms with Crippen LogP contribution in [0.2, 0.25) is 0 Å². The van der Waals surface area contributed by atoms with Crippen LogP contribution in [-0.2, 0) is 20.7 Å². The van der Waals surface area contributed by atoms with Gasteiger partial charge in [0, 0.05) is 37.4 Å². The van der Waals surface area contributed by atoms with Gasteiger partial charge in [-0.15, -0.1) is 0 Å². The number of allylic oxidation sites excluding steroid dienone is 4. The molecule has 33 heavy (non-hydrogen) atoms. The van der Waals surface area contributed by atoms with Gasteiger partial charge in [0.25, 0.3) is 0 Å². The normalized spacial score (nSPS) is 20.3. The fourth-order valence-electron chi connectivity index (χ4n) is 4.12. The highest BCUT2D eigenvalue weighted by atomic mass is 16.5. The third-order valence-electron chi connectivity index (χ3n) is 5.93. The van der Waals surface area contributed by atoms with E-state index in [2.05, 4.69) is 29.3 Å². The van der Waals surface area contributed by atoms with Crippen molar-refractivity contribution in [1.82, 2.24) is 10.2 Å². The Labute approximate surface area is 195 Å². The standard InChI is InChI=1S/C26H32N4O3/c1-33-25(32)23(29-24(31)17-22-8-5-15-30(18-22)26(27)28)16-21-13-11-20(12-14-21)10-9-19-6-3-2-4-7-19/h2-4,6,11-14,19,22-23H,5,7-8,15-18H2,1H3,(H3,27,28)(H,29,31). The number of nitrogens with one attached hydrogen (secondary N) is 2. The summed E-state index contributed by atoms with van der Waals surface area (Å²) in [5, 5.41) is 10.4. The zero-order valence-corrected chi connectivity index (χ0v) is 19.0. The summed E-state index contributed by atoms with van der Waals surface area (Å²) in [6.07, 6.45) is 11.6. The van der Waals surface area contributed by atoms with E-state index in [1.54, 1.807) is 4.90 Å². The van der Waals surface area contributed by atoms with Crippen LogP contribution in [0.15, 0.2) is 48.6 Å². The molecule has 0 radical (unpaired) electrons. The van der Waals surface area contributed by atoms with Crippen molar-refractivity contribution in [3.63, 3.8) is 0 Å². The van der Waals surface area contributed by atoms with Crippen LogP contribution in [0, 0.1) is 29.1 Å². The van der Waals surface area contributed by atoms with Gasteiger partial charge in [-0.05, 0) is 42.9 Å². The summed E-state index contributed by atoms with van der Waals surface area (Å²) in [6.45, 7) is 1.33. The Kier molecular flexibility index (Phi) is 8.71. The van der Waals surface area contributed by atoms with Gasteiger partial charge in [0.2, 0.25) is 5.91 Å². The first kappa shape index (κ1) is 24.1. The van der Waals surface area contributed by atoms with Crippen LogP contribution in [0.4, 0.5) is 0 Å². The molecule has 1 aliphatic heterocycles. The van der Waals surface area contributed by atoms with Crippen molar-refractivity contribution in [2.45, 2.75) is 38.1 Å². The van der Waals surface area contributed by atoms with E-state index in [0.29, 0.717) is 13.0 Å². The fraction of sp³-hybridized carbons (Fsp3) is 0.423. The van der Waals surface area contributed by atoms with Gasteiger partial charge in [0.1, 0.15) is 6.04 Å². The second kappa shape index (κ2) is 11.9. The molecule has 1 amide bonds. The number of nitrogens with two attached hydrogens (primary N) is 1. The minimum atomic E-state index is -0.758. The van der Waals surface area contributed by atoms with E-state index in [1.165, 1.54) is 7.11 Å². The number of benzene rings is 1. The van der Waals surface area contributed by atoms with Crippen LogP contribution in [-0.4, -0.2) is 49.0 Å². The van der Waals surface area contributed by atoms with Gasteiger partial charge in [-0.25, -0.2) is 4.79 Å². The molecule has 3 atom stereocenters. The molecular formula is C26H32N4O3. The molecule has 3 rings (SSSR count). The number of rotatable bonds is 6. The topological polar surface area (TPSA) is 109 Å². The summed E-state index contributed by atoms with van der Waals surface area (Å²) in [5.74, 6) is 6.16. The maximum Gasteiger partial charge on any atom is 0.328 e. The Bertz CT molecular complexity index is 971. The number of likely N-dealkylation sites (tertiary alicyclic amines) is 1. The minimum Gasteiger partial charge on any atom is -0.467 e. The van der Waals surface area contributed by atoms with Gasteiger partial charge in [-0.3, -0.25) is 10.2 Å². The SMILES string of the molecule is COC(=O)C(Cc1ccc(C#CC2C=CC=CC2)cc1)NC(=O)CC1CCCN(C(=N)N)C1. The highest BCUT2D eigenvalue weighted by Gasteiger charge is 2.26. The number of amides is 1. The highest BCUT2D eigenvalue weighted by Crippen LogP contribution is 2.19. The van der Waals surface area contributed by atoms with Crippen molar-refractivity contribution in [2.75, 3.05) is 20.2 Å². The van der Waals surface area contributed by atoms with Gasteiger partial charge in [-0.1, -0.05) is 48.3 Å². The minimum absolute atomic E-state index is 0.0349. The predicted octanol–water partition coefficient (Wildman–Crippen LogP) is 2.37. The lowest BCUT2D eigenvalue weighted by Gasteiger charge is -2.32. The Morgan fingerprint density at radius 2 is 2.09 bits per heavy atom. The average molecular weight is 449 g/mol. The quantitative estimate of drug-likeness (QED) is 0.268. The van der Waals surface area contributed by atoms with Crippen molar-refractivity contribution in [3.8, 4) is 11.8 Å². The van der Waals surface area contributed by atoms with E-state index in [-0.39, 0.29) is 30.1 Å². The first-order valence-corrected chi connectivity index (χ1v) is 11.3. The maximum absolute atomic E-state index is 12.6. The van der Waals surface area contributed by atoms with E-state index >= 15 is 0 Å².